The van der Waals surface area contributed by atoms with Gasteiger partial charge >= 0.3 is 12.0 Å². The van der Waals surface area contributed by atoms with Gasteiger partial charge in [-0.15, -0.1) is 0 Å². The fourth-order valence-corrected chi connectivity index (χ4v) is 1.91. The number of aliphatic carboxylic acids is 1. The van der Waals surface area contributed by atoms with Gasteiger partial charge in [0.1, 0.15) is 5.54 Å². The second kappa shape index (κ2) is 7.30. The van der Waals surface area contributed by atoms with Crippen LogP contribution in [0.5, 0.6) is 0 Å². The summed E-state index contributed by atoms with van der Waals surface area (Å²) in [6.45, 7) is 5.28. The number of hydrogen-bond donors (Lipinski definition) is 3. The van der Waals surface area contributed by atoms with Crippen LogP contribution in [0, 0.1) is 0 Å². The van der Waals surface area contributed by atoms with Crippen molar-refractivity contribution >= 4 is 12.0 Å². The molecule has 0 spiro atoms. The van der Waals surface area contributed by atoms with Crippen molar-refractivity contribution in [3.8, 4) is 0 Å². The summed E-state index contributed by atoms with van der Waals surface area (Å²) in [6, 6.07) is -0.500. The van der Waals surface area contributed by atoms with Crippen molar-refractivity contribution in [2.45, 2.75) is 38.3 Å². The van der Waals surface area contributed by atoms with Crippen molar-refractivity contribution in [3.63, 3.8) is 0 Å². The van der Waals surface area contributed by atoms with E-state index in [1.807, 2.05) is 0 Å². The fraction of sp³-hybridized carbons (Fsp3) is 0.833. The first kappa shape index (κ1) is 15.7. The molecule has 0 saturated carbocycles. The molecular formula is C12H22N2O5. The monoisotopic (exact) mass is 274 g/mol. The van der Waals surface area contributed by atoms with Crippen molar-refractivity contribution < 1.29 is 24.2 Å². The SMILES string of the molecule is CCC(CC)(NC(=O)NCC1COCCO1)C(=O)O. The smallest absolute Gasteiger partial charge is 0.329 e. The van der Waals surface area contributed by atoms with Crippen molar-refractivity contribution in [3.05, 3.63) is 0 Å². The second-order valence-corrected chi connectivity index (χ2v) is 4.50. The minimum atomic E-state index is -1.21. The van der Waals surface area contributed by atoms with Crippen molar-refractivity contribution in [2.24, 2.45) is 0 Å². The maximum Gasteiger partial charge on any atom is 0.329 e. The van der Waals surface area contributed by atoms with Crippen LogP contribution in [0.1, 0.15) is 26.7 Å². The summed E-state index contributed by atoms with van der Waals surface area (Å²) in [7, 11) is 0. The summed E-state index contributed by atoms with van der Waals surface area (Å²) in [5.74, 6) is -1.02. The molecule has 0 aromatic carbocycles. The lowest BCUT2D eigenvalue weighted by Gasteiger charge is -2.29. The highest BCUT2D eigenvalue weighted by molar-refractivity contribution is 5.86. The first-order valence-electron chi connectivity index (χ1n) is 6.52. The molecule has 0 aromatic heterocycles. The quantitative estimate of drug-likeness (QED) is 0.649. The molecule has 7 heteroatoms. The molecule has 1 unspecified atom stereocenters. The molecule has 0 radical (unpaired) electrons. The Kier molecular flexibility index (Phi) is 6.04. The third-order valence-electron chi connectivity index (χ3n) is 3.34. The zero-order valence-electron chi connectivity index (χ0n) is 11.4. The number of nitrogens with one attached hydrogen (secondary N) is 2. The van der Waals surface area contributed by atoms with Crippen LogP contribution in [0.2, 0.25) is 0 Å². The highest BCUT2D eigenvalue weighted by atomic mass is 16.6. The fourth-order valence-electron chi connectivity index (χ4n) is 1.91. The minimum Gasteiger partial charge on any atom is -0.480 e. The molecule has 1 aliphatic heterocycles. The second-order valence-electron chi connectivity index (χ2n) is 4.50. The molecule has 1 heterocycles. The van der Waals surface area contributed by atoms with Crippen LogP contribution in [0.4, 0.5) is 4.79 Å². The van der Waals surface area contributed by atoms with E-state index in [1.54, 1.807) is 13.8 Å². The minimum absolute atomic E-state index is 0.179. The van der Waals surface area contributed by atoms with Gasteiger partial charge in [0.2, 0.25) is 0 Å². The van der Waals surface area contributed by atoms with Crippen LogP contribution in [0.3, 0.4) is 0 Å². The Bertz CT molecular complexity index is 311. The lowest BCUT2D eigenvalue weighted by molar-refractivity contribution is -0.144. The van der Waals surface area contributed by atoms with Crippen LogP contribution in [0.15, 0.2) is 0 Å². The predicted octanol–water partition coefficient (Wildman–Crippen LogP) is 0.344. The standard InChI is InChI=1S/C12H22N2O5/c1-3-12(4-2,10(15)16)14-11(17)13-7-9-8-18-5-6-19-9/h9H,3-8H2,1-2H3,(H,15,16)(H2,13,14,17). The molecule has 19 heavy (non-hydrogen) atoms. The normalized spacial score (nSPS) is 19.8. The third kappa shape index (κ3) is 4.36. The van der Waals surface area contributed by atoms with E-state index < -0.39 is 17.5 Å². The predicted molar refractivity (Wildman–Crippen MR) is 68.0 cm³/mol. The number of carbonyl (C=O) groups excluding carboxylic acids is 1. The van der Waals surface area contributed by atoms with Gasteiger partial charge in [-0.1, -0.05) is 13.8 Å². The van der Waals surface area contributed by atoms with Crippen LogP contribution in [-0.2, 0) is 14.3 Å². The van der Waals surface area contributed by atoms with Gasteiger partial charge in [-0.2, -0.15) is 0 Å². The van der Waals surface area contributed by atoms with E-state index >= 15 is 0 Å². The van der Waals surface area contributed by atoms with E-state index in [0.717, 1.165) is 0 Å². The van der Waals surface area contributed by atoms with Gasteiger partial charge in [0.25, 0.3) is 0 Å². The number of amides is 2. The molecule has 1 atom stereocenters. The zero-order chi connectivity index (χ0) is 14.3. The number of ether oxygens (including phenoxy) is 2. The topological polar surface area (TPSA) is 96.9 Å². The van der Waals surface area contributed by atoms with E-state index in [0.29, 0.717) is 39.2 Å². The lowest BCUT2D eigenvalue weighted by Crippen LogP contribution is -2.57. The highest BCUT2D eigenvalue weighted by Gasteiger charge is 2.36. The van der Waals surface area contributed by atoms with Crippen molar-refractivity contribution in [2.75, 3.05) is 26.4 Å². The van der Waals surface area contributed by atoms with E-state index in [-0.39, 0.29) is 6.10 Å². The Hall–Kier alpha value is -1.34. The van der Waals surface area contributed by atoms with Gasteiger partial charge in [0.15, 0.2) is 0 Å². The molecule has 0 aromatic rings. The summed E-state index contributed by atoms with van der Waals surface area (Å²) < 4.78 is 10.6. The molecule has 0 aliphatic carbocycles. The molecule has 2 amide bonds. The van der Waals surface area contributed by atoms with Gasteiger partial charge in [-0.05, 0) is 12.8 Å². The van der Waals surface area contributed by atoms with Crippen LogP contribution in [0.25, 0.3) is 0 Å². The van der Waals surface area contributed by atoms with Gasteiger partial charge in [-0.3, -0.25) is 0 Å². The Morgan fingerprint density at radius 3 is 2.47 bits per heavy atom. The number of urea groups is 1. The van der Waals surface area contributed by atoms with E-state index in [9.17, 15) is 14.7 Å². The van der Waals surface area contributed by atoms with E-state index in [1.165, 1.54) is 0 Å². The first-order valence-corrected chi connectivity index (χ1v) is 6.52. The Labute approximate surface area is 112 Å². The van der Waals surface area contributed by atoms with Crippen LogP contribution >= 0.6 is 0 Å². The number of hydrogen-bond acceptors (Lipinski definition) is 4. The molecule has 1 aliphatic rings. The molecule has 110 valence electrons. The van der Waals surface area contributed by atoms with Crippen molar-refractivity contribution in [1.29, 1.82) is 0 Å². The van der Waals surface area contributed by atoms with Crippen LogP contribution < -0.4 is 10.6 Å². The molecule has 3 N–H and O–H groups in total. The van der Waals surface area contributed by atoms with Gasteiger partial charge < -0.3 is 25.2 Å². The molecule has 1 rings (SSSR count). The summed E-state index contributed by atoms with van der Waals surface area (Å²) in [5, 5.41) is 14.3. The van der Waals surface area contributed by atoms with Gasteiger partial charge in [0.05, 0.1) is 25.9 Å². The largest absolute Gasteiger partial charge is 0.480 e. The van der Waals surface area contributed by atoms with Crippen LogP contribution in [-0.4, -0.2) is 55.1 Å². The Morgan fingerprint density at radius 2 is 2.00 bits per heavy atom. The number of carboxylic acid groups (broad SMARTS) is 1. The maximum atomic E-state index is 11.7. The third-order valence-corrected chi connectivity index (χ3v) is 3.34. The van der Waals surface area contributed by atoms with Gasteiger partial charge in [-0.25, -0.2) is 9.59 Å². The molecule has 0 bridgehead atoms. The number of carboxylic acids is 1. The molecular weight excluding hydrogens is 252 g/mol. The summed E-state index contributed by atoms with van der Waals surface area (Å²) in [5.41, 5.74) is -1.21. The Balaban J connectivity index is 2.42. The average Bonchev–Trinajstić information content (AvgIpc) is 2.43. The summed E-state index contributed by atoms with van der Waals surface area (Å²) >= 11 is 0. The highest BCUT2D eigenvalue weighted by Crippen LogP contribution is 2.15. The molecule has 1 saturated heterocycles. The summed E-state index contributed by atoms with van der Waals surface area (Å²) in [6.07, 6.45) is 0.479. The summed E-state index contributed by atoms with van der Waals surface area (Å²) in [4.78, 5) is 23.0. The first-order chi connectivity index (χ1) is 9.04. The molecule has 7 nitrogen and oxygen atoms in total. The van der Waals surface area contributed by atoms with Gasteiger partial charge in [0, 0.05) is 6.54 Å². The lowest BCUT2D eigenvalue weighted by atomic mass is 9.93. The molecule has 1 fully saturated rings. The van der Waals surface area contributed by atoms with E-state index in [4.69, 9.17) is 9.47 Å². The number of carbonyl (C=O) groups is 2. The van der Waals surface area contributed by atoms with Crippen molar-refractivity contribution in [1.82, 2.24) is 10.6 Å². The van der Waals surface area contributed by atoms with E-state index in [2.05, 4.69) is 10.6 Å². The Morgan fingerprint density at radius 1 is 1.32 bits per heavy atom. The average molecular weight is 274 g/mol. The maximum absolute atomic E-state index is 11.7. The number of rotatable bonds is 6. The zero-order valence-corrected chi connectivity index (χ0v) is 11.4.